The van der Waals surface area contributed by atoms with Gasteiger partial charge in [-0.1, -0.05) is 18.6 Å². The van der Waals surface area contributed by atoms with Crippen molar-refractivity contribution >= 4 is 5.78 Å². The van der Waals surface area contributed by atoms with Crippen molar-refractivity contribution < 1.29 is 13.6 Å². The first kappa shape index (κ1) is 18.3. The number of aryl methyl sites for hydroxylation is 2. The summed E-state index contributed by atoms with van der Waals surface area (Å²) in [6.45, 7) is 4.22. The molecule has 3 nitrogen and oxygen atoms in total. The van der Waals surface area contributed by atoms with Crippen molar-refractivity contribution in [3.8, 4) is 0 Å². The summed E-state index contributed by atoms with van der Waals surface area (Å²) in [6.07, 6.45) is 15.6. The molecule has 0 radical (unpaired) electrons. The van der Waals surface area contributed by atoms with E-state index >= 15 is 0 Å². The smallest absolute Gasteiger partial charge is 0.137 e. The molecule has 24 heavy (non-hydrogen) atoms. The van der Waals surface area contributed by atoms with Gasteiger partial charge in [0, 0.05) is 12.8 Å². The van der Waals surface area contributed by atoms with Crippen LogP contribution in [0.3, 0.4) is 0 Å². The SMILES string of the molecule is C/C(=C/CCc1ccoc1)CC(=O)C[C@@H](C)CCCc1ccoc1. The van der Waals surface area contributed by atoms with E-state index in [2.05, 4.69) is 19.9 Å². The molecule has 0 aliphatic rings. The molecular formula is C21H28O3. The lowest BCUT2D eigenvalue weighted by Crippen LogP contribution is -2.06. The lowest BCUT2D eigenvalue weighted by Gasteiger charge is -2.10. The number of hydrogen-bond donors (Lipinski definition) is 0. The fourth-order valence-electron chi connectivity index (χ4n) is 2.96. The maximum absolute atomic E-state index is 12.2. The summed E-state index contributed by atoms with van der Waals surface area (Å²) in [6, 6.07) is 3.99. The molecule has 0 spiro atoms. The van der Waals surface area contributed by atoms with Crippen molar-refractivity contribution in [2.45, 2.75) is 58.8 Å². The van der Waals surface area contributed by atoms with Crippen molar-refractivity contribution in [1.82, 2.24) is 0 Å². The predicted molar refractivity (Wildman–Crippen MR) is 95.8 cm³/mol. The minimum atomic E-state index is 0.350. The van der Waals surface area contributed by atoms with Gasteiger partial charge in [-0.05, 0) is 68.2 Å². The van der Waals surface area contributed by atoms with Gasteiger partial charge in [-0.3, -0.25) is 4.79 Å². The fourth-order valence-corrected chi connectivity index (χ4v) is 2.96. The van der Waals surface area contributed by atoms with Gasteiger partial charge in [0.1, 0.15) is 5.78 Å². The van der Waals surface area contributed by atoms with E-state index in [1.807, 2.05) is 12.1 Å². The Morgan fingerprint density at radius 2 is 1.79 bits per heavy atom. The standard InChI is InChI=1S/C21H28O3/c1-17(5-3-7-19-9-11-23-15-19)13-21(22)14-18(2)6-4-8-20-10-12-24-16-20/h5,9-12,15-16,18H,3-4,6-8,13-14H2,1-2H3/b17-5-/t18-/m0/s1. The Morgan fingerprint density at radius 3 is 2.42 bits per heavy atom. The van der Waals surface area contributed by atoms with Crippen LogP contribution in [0.2, 0.25) is 0 Å². The third-order valence-corrected chi connectivity index (χ3v) is 4.30. The zero-order chi connectivity index (χ0) is 17.2. The number of carbonyl (C=O) groups is 1. The second kappa shape index (κ2) is 9.96. The van der Waals surface area contributed by atoms with Gasteiger partial charge < -0.3 is 8.83 Å². The molecule has 0 bridgehead atoms. The Balaban J connectivity index is 1.60. The van der Waals surface area contributed by atoms with Crippen LogP contribution < -0.4 is 0 Å². The van der Waals surface area contributed by atoms with Crippen molar-refractivity contribution in [2.24, 2.45) is 5.92 Å². The van der Waals surface area contributed by atoms with Gasteiger partial charge in [0.25, 0.3) is 0 Å². The molecule has 0 aromatic carbocycles. The molecule has 0 aliphatic heterocycles. The zero-order valence-electron chi connectivity index (χ0n) is 14.8. The number of ketones is 1. The van der Waals surface area contributed by atoms with E-state index in [4.69, 9.17) is 8.83 Å². The van der Waals surface area contributed by atoms with E-state index in [1.165, 1.54) is 16.7 Å². The third-order valence-electron chi connectivity index (χ3n) is 4.30. The van der Waals surface area contributed by atoms with E-state index in [9.17, 15) is 4.79 Å². The number of furan rings is 2. The molecule has 0 unspecified atom stereocenters. The molecule has 1 atom stereocenters. The minimum Gasteiger partial charge on any atom is -0.472 e. The quantitative estimate of drug-likeness (QED) is 0.492. The van der Waals surface area contributed by atoms with E-state index in [1.54, 1.807) is 25.1 Å². The Morgan fingerprint density at radius 1 is 1.12 bits per heavy atom. The lowest BCUT2D eigenvalue weighted by molar-refractivity contribution is -0.119. The third kappa shape index (κ3) is 7.03. The number of allylic oxidation sites excluding steroid dienone is 2. The maximum atomic E-state index is 12.2. The summed E-state index contributed by atoms with van der Waals surface area (Å²) in [7, 11) is 0. The molecule has 2 heterocycles. The van der Waals surface area contributed by atoms with Crippen molar-refractivity contribution in [3.05, 3.63) is 60.0 Å². The van der Waals surface area contributed by atoms with Crippen LogP contribution in [0.4, 0.5) is 0 Å². The van der Waals surface area contributed by atoms with Gasteiger partial charge in [-0.25, -0.2) is 0 Å². The van der Waals surface area contributed by atoms with Gasteiger partial charge >= 0.3 is 0 Å². The van der Waals surface area contributed by atoms with Crippen LogP contribution >= 0.6 is 0 Å². The first-order valence-corrected chi connectivity index (χ1v) is 8.83. The largest absolute Gasteiger partial charge is 0.472 e. The van der Waals surface area contributed by atoms with E-state index in [0.717, 1.165) is 32.1 Å². The average molecular weight is 328 g/mol. The van der Waals surface area contributed by atoms with Crippen molar-refractivity contribution in [3.63, 3.8) is 0 Å². The number of Topliss-reactive ketones (excluding diaryl/α,β-unsaturated/α-hetero) is 1. The first-order chi connectivity index (χ1) is 11.6. The van der Waals surface area contributed by atoms with Crippen LogP contribution in [0, 0.1) is 5.92 Å². The number of hydrogen-bond acceptors (Lipinski definition) is 3. The number of carbonyl (C=O) groups excluding carboxylic acids is 1. The van der Waals surface area contributed by atoms with Gasteiger partial charge in [0.05, 0.1) is 25.1 Å². The highest BCUT2D eigenvalue weighted by molar-refractivity contribution is 5.80. The molecule has 0 fully saturated rings. The Labute approximate surface area is 144 Å². The molecule has 130 valence electrons. The van der Waals surface area contributed by atoms with Gasteiger partial charge in [0.15, 0.2) is 0 Å². The molecule has 0 amide bonds. The molecule has 0 aliphatic carbocycles. The summed E-state index contributed by atoms with van der Waals surface area (Å²) < 4.78 is 10.1. The molecule has 0 saturated carbocycles. The number of rotatable bonds is 11. The van der Waals surface area contributed by atoms with Gasteiger partial charge in [-0.15, -0.1) is 0 Å². The molecular weight excluding hydrogens is 300 g/mol. The predicted octanol–water partition coefficient (Wildman–Crippen LogP) is 5.76. The molecule has 2 rings (SSSR count). The topological polar surface area (TPSA) is 43.4 Å². The van der Waals surface area contributed by atoms with E-state index < -0.39 is 0 Å². The normalized spacial score (nSPS) is 13.2. The van der Waals surface area contributed by atoms with Crippen LogP contribution in [0.15, 0.2) is 57.7 Å². The Hall–Kier alpha value is -2.03. The summed E-state index contributed by atoms with van der Waals surface area (Å²) in [4.78, 5) is 12.2. The van der Waals surface area contributed by atoms with Crippen LogP contribution in [0.5, 0.6) is 0 Å². The second-order valence-corrected chi connectivity index (χ2v) is 6.77. The molecule has 3 heteroatoms. The minimum absolute atomic E-state index is 0.350. The van der Waals surface area contributed by atoms with E-state index in [0.29, 0.717) is 24.5 Å². The second-order valence-electron chi connectivity index (χ2n) is 6.77. The highest BCUT2D eigenvalue weighted by Crippen LogP contribution is 2.17. The van der Waals surface area contributed by atoms with Crippen LogP contribution in [-0.2, 0) is 17.6 Å². The van der Waals surface area contributed by atoms with Gasteiger partial charge in [0.2, 0.25) is 0 Å². The maximum Gasteiger partial charge on any atom is 0.137 e. The van der Waals surface area contributed by atoms with Crippen LogP contribution in [0.25, 0.3) is 0 Å². The molecule has 0 saturated heterocycles. The molecule has 0 N–H and O–H groups in total. The summed E-state index contributed by atoms with van der Waals surface area (Å²) in [5.41, 5.74) is 3.62. The summed E-state index contributed by atoms with van der Waals surface area (Å²) >= 11 is 0. The van der Waals surface area contributed by atoms with Crippen LogP contribution in [-0.4, -0.2) is 5.78 Å². The fraction of sp³-hybridized carbons (Fsp3) is 0.476. The average Bonchev–Trinajstić information content (AvgIpc) is 3.20. The first-order valence-electron chi connectivity index (χ1n) is 8.83. The monoisotopic (exact) mass is 328 g/mol. The Bertz CT molecular complexity index is 606. The van der Waals surface area contributed by atoms with Crippen molar-refractivity contribution in [1.29, 1.82) is 0 Å². The molecule has 2 aromatic rings. The lowest BCUT2D eigenvalue weighted by atomic mass is 9.94. The van der Waals surface area contributed by atoms with Crippen molar-refractivity contribution in [2.75, 3.05) is 0 Å². The Kier molecular flexibility index (Phi) is 7.60. The highest BCUT2D eigenvalue weighted by Gasteiger charge is 2.10. The van der Waals surface area contributed by atoms with Crippen LogP contribution in [0.1, 0.15) is 57.1 Å². The summed E-state index contributed by atoms with van der Waals surface area (Å²) in [5.74, 6) is 0.797. The zero-order valence-corrected chi connectivity index (χ0v) is 14.8. The summed E-state index contributed by atoms with van der Waals surface area (Å²) in [5, 5.41) is 0. The van der Waals surface area contributed by atoms with Gasteiger partial charge in [-0.2, -0.15) is 0 Å². The highest BCUT2D eigenvalue weighted by atomic mass is 16.3. The molecule has 2 aromatic heterocycles. The van der Waals surface area contributed by atoms with E-state index in [-0.39, 0.29) is 0 Å².